The Balaban J connectivity index is 2.95. The molecule has 0 radical (unpaired) electrons. The van der Waals surface area contributed by atoms with Crippen molar-refractivity contribution in [3.8, 4) is 0 Å². The van der Waals surface area contributed by atoms with Crippen molar-refractivity contribution in [2.75, 3.05) is 20.7 Å². The van der Waals surface area contributed by atoms with Crippen LogP contribution in [0, 0.1) is 0 Å². The van der Waals surface area contributed by atoms with E-state index in [2.05, 4.69) is 10.1 Å². The van der Waals surface area contributed by atoms with Gasteiger partial charge in [-0.25, -0.2) is 0 Å². The second-order valence-corrected chi connectivity index (χ2v) is 2.84. The van der Waals surface area contributed by atoms with Gasteiger partial charge in [-0.1, -0.05) is 12.8 Å². The number of carbonyl (C=O) groups excluding carboxylic acids is 1. The van der Waals surface area contributed by atoms with Crippen molar-refractivity contribution in [1.82, 2.24) is 5.32 Å². The molecule has 12 heavy (non-hydrogen) atoms. The lowest BCUT2D eigenvalue weighted by molar-refractivity contribution is -0.140. The average Bonchev–Trinajstić information content (AvgIpc) is 2.10. The molecule has 0 saturated carbocycles. The largest absolute Gasteiger partial charge is 0.469 e. The molecule has 0 rings (SSSR count). The summed E-state index contributed by atoms with van der Waals surface area (Å²) < 4.78 is 4.53. The van der Waals surface area contributed by atoms with E-state index in [9.17, 15) is 4.79 Å². The molecule has 0 aromatic carbocycles. The van der Waals surface area contributed by atoms with Gasteiger partial charge in [-0.05, 0) is 26.4 Å². The number of unbranched alkanes of at least 4 members (excludes halogenated alkanes) is 3. The van der Waals surface area contributed by atoms with Crippen LogP contribution < -0.4 is 5.32 Å². The molecule has 0 aliphatic carbocycles. The number of hydrogen-bond acceptors (Lipinski definition) is 3. The van der Waals surface area contributed by atoms with Crippen LogP contribution in [-0.4, -0.2) is 26.7 Å². The van der Waals surface area contributed by atoms with E-state index >= 15 is 0 Å². The van der Waals surface area contributed by atoms with Gasteiger partial charge in [0.25, 0.3) is 0 Å². The molecule has 0 heterocycles. The van der Waals surface area contributed by atoms with Gasteiger partial charge in [0.1, 0.15) is 0 Å². The van der Waals surface area contributed by atoms with Crippen molar-refractivity contribution in [3.63, 3.8) is 0 Å². The fraction of sp³-hybridized carbons (Fsp3) is 0.889. The number of methoxy groups -OCH3 is 1. The molecule has 0 fully saturated rings. The first-order valence-corrected chi connectivity index (χ1v) is 4.52. The minimum absolute atomic E-state index is 0.0939. The topological polar surface area (TPSA) is 38.3 Å². The summed E-state index contributed by atoms with van der Waals surface area (Å²) in [6.07, 6.45) is 5.03. The van der Waals surface area contributed by atoms with E-state index < -0.39 is 0 Å². The molecule has 0 unspecified atom stereocenters. The molecule has 0 aromatic rings. The fourth-order valence-electron chi connectivity index (χ4n) is 1.03. The molecule has 72 valence electrons. The Labute approximate surface area is 74.5 Å². The van der Waals surface area contributed by atoms with Gasteiger partial charge in [0.2, 0.25) is 0 Å². The summed E-state index contributed by atoms with van der Waals surface area (Å²) in [7, 11) is 3.39. The molecule has 0 aliphatic heterocycles. The van der Waals surface area contributed by atoms with Crippen molar-refractivity contribution >= 4 is 5.97 Å². The van der Waals surface area contributed by atoms with Crippen molar-refractivity contribution in [2.24, 2.45) is 0 Å². The molecule has 3 nitrogen and oxygen atoms in total. The smallest absolute Gasteiger partial charge is 0.305 e. The molecular weight excluding hydrogens is 154 g/mol. The molecule has 0 spiro atoms. The van der Waals surface area contributed by atoms with Crippen LogP contribution in [0.1, 0.15) is 32.1 Å². The minimum Gasteiger partial charge on any atom is -0.469 e. The number of nitrogens with one attached hydrogen (secondary N) is 1. The number of ether oxygens (including phenoxy) is 1. The van der Waals surface area contributed by atoms with Crippen LogP contribution in [0.2, 0.25) is 0 Å². The Morgan fingerprint density at radius 1 is 1.25 bits per heavy atom. The number of rotatable bonds is 7. The Morgan fingerprint density at radius 2 is 1.92 bits per heavy atom. The summed E-state index contributed by atoms with van der Waals surface area (Å²) in [5.41, 5.74) is 0. The summed E-state index contributed by atoms with van der Waals surface area (Å²) >= 11 is 0. The van der Waals surface area contributed by atoms with E-state index in [-0.39, 0.29) is 5.97 Å². The first-order chi connectivity index (χ1) is 5.81. The maximum atomic E-state index is 10.7. The highest BCUT2D eigenvalue weighted by Crippen LogP contribution is 2.02. The lowest BCUT2D eigenvalue weighted by Gasteiger charge is -2.00. The molecular formula is C9H19NO2. The molecule has 0 bridgehead atoms. The molecule has 0 atom stereocenters. The third-order valence-corrected chi connectivity index (χ3v) is 1.79. The van der Waals surface area contributed by atoms with Gasteiger partial charge in [-0.3, -0.25) is 4.79 Å². The lowest BCUT2D eigenvalue weighted by atomic mass is 10.1. The normalized spacial score (nSPS) is 9.83. The second-order valence-electron chi connectivity index (χ2n) is 2.84. The summed E-state index contributed by atoms with van der Waals surface area (Å²) in [6, 6.07) is 0. The predicted molar refractivity (Wildman–Crippen MR) is 49.0 cm³/mol. The van der Waals surface area contributed by atoms with Crippen LogP contribution in [0.15, 0.2) is 0 Å². The molecule has 0 saturated heterocycles. The third kappa shape index (κ3) is 7.54. The van der Waals surface area contributed by atoms with Gasteiger partial charge < -0.3 is 10.1 Å². The monoisotopic (exact) mass is 173 g/mol. The highest BCUT2D eigenvalue weighted by atomic mass is 16.5. The maximum absolute atomic E-state index is 10.7. The van der Waals surface area contributed by atoms with E-state index in [4.69, 9.17) is 0 Å². The highest BCUT2D eigenvalue weighted by Gasteiger charge is 1.98. The first-order valence-electron chi connectivity index (χ1n) is 4.52. The number of carbonyl (C=O) groups is 1. The Morgan fingerprint density at radius 3 is 2.50 bits per heavy atom. The first kappa shape index (κ1) is 11.4. The van der Waals surface area contributed by atoms with Crippen molar-refractivity contribution in [3.05, 3.63) is 0 Å². The van der Waals surface area contributed by atoms with Gasteiger partial charge >= 0.3 is 5.97 Å². The summed E-state index contributed by atoms with van der Waals surface area (Å²) in [6.45, 7) is 1.07. The summed E-state index contributed by atoms with van der Waals surface area (Å²) in [4.78, 5) is 10.7. The van der Waals surface area contributed by atoms with Gasteiger partial charge in [0, 0.05) is 6.42 Å². The summed E-state index contributed by atoms with van der Waals surface area (Å²) in [5.74, 6) is -0.0939. The zero-order chi connectivity index (χ0) is 9.23. The average molecular weight is 173 g/mol. The Hall–Kier alpha value is -0.570. The van der Waals surface area contributed by atoms with Crippen molar-refractivity contribution in [1.29, 1.82) is 0 Å². The summed E-state index contributed by atoms with van der Waals surface area (Å²) in [5, 5.41) is 3.09. The van der Waals surface area contributed by atoms with E-state index in [0.717, 1.165) is 19.4 Å². The van der Waals surface area contributed by atoms with E-state index in [1.165, 1.54) is 20.0 Å². The Bertz CT molecular complexity index is 115. The van der Waals surface area contributed by atoms with Crippen LogP contribution in [-0.2, 0) is 9.53 Å². The van der Waals surface area contributed by atoms with Gasteiger partial charge in [-0.2, -0.15) is 0 Å². The van der Waals surface area contributed by atoms with Crippen LogP contribution in [0.3, 0.4) is 0 Å². The van der Waals surface area contributed by atoms with Gasteiger partial charge in [0.15, 0.2) is 0 Å². The zero-order valence-electron chi connectivity index (χ0n) is 8.06. The quantitative estimate of drug-likeness (QED) is 0.466. The number of esters is 1. The Kier molecular flexibility index (Phi) is 8.12. The standard InChI is InChI=1S/C9H19NO2/c1-10-8-6-4-3-5-7-9(11)12-2/h10H,3-8H2,1-2H3. The van der Waals surface area contributed by atoms with Gasteiger partial charge in [-0.15, -0.1) is 0 Å². The van der Waals surface area contributed by atoms with Crippen LogP contribution in [0.25, 0.3) is 0 Å². The fourth-order valence-corrected chi connectivity index (χ4v) is 1.03. The van der Waals surface area contributed by atoms with E-state index in [1.807, 2.05) is 7.05 Å². The van der Waals surface area contributed by atoms with Crippen LogP contribution >= 0.6 is 0 Å². The molecule has 0 aromatic heterocycles. The highest BCUT2D eigenvalue weighted by molar-refractivity contribution is 5.68. The molecule has 1 N–H and O–H groups in total. The molecule has 0 amide bonds. The lowest BCUT2D eigenvalue weighted by Crippen LogP contribution is -2.07. The van der Waals surface area contributed by atoms with E-state index in [0.29, 0.717) is 6.42 Å². The van der Waals surface area contributed by atoms with Crippen LogP contribution in [0.5, 0.6) is 0 Å². The zero-order valence-corrected chi connectivity index (χ0v) is 8.06. The number of hydrogen-bond donors (Lipinski definition) is 1. The van der Waals surface area contributed by atoms with Crippen molar-refractivity contribution < 1.29 is 9.53 Å². The second kappa shape index (κ2) is 8.53. The maximum Gasteiger partial charge on any atom is 0.305 e. The SMILES string of the molecule is CNCCCCCCC(=O)OC. The van der Waals surface area contributed by atoms with Crippen LogP contribution in [0.4, 0.5) is 0 Å². The third-order valence-electron chi connectivity index (χ3n) is 1.79. The van der Waals surface area contributed by atoms with Gasteiger partial charge in [0.05, 0.1) is 7.11 Å². The predicted octanol–water partition coefficient (Wildman–Crippen LogP) is 1.33. The molecule has 0 aliphatic rings. The minimum atomic E-state index is -0.0939. The molecule has 3 heteroatoms. The van der Waals surface area contributed by atoms with E-state index in [1.54, 1.807) is 0 Å². The van der Waals surface area contributed by atoms with Crippen molar-refractivity contribution in [2.45, 2.75) is 32.1 Å².